The van der Waals surface area contributed by atoms with Crippen LogP contribution in [-0.2, 0) is 11.3 Å². The van der Waals surface area contributed by atoms with E-state index in [-0.39, 0.29) is 6.23 Å². The molecule has 7 rings (SSSR count). The maximum Gasteiger partial charge on any atom is 0.183 e. The molecule has 5 aromatic rings. The van der Waals surface area contributed by atoms with Gasteiger partial charge in [-0.3, -0.25) is 0 Å². The molecule has 2 atom stereocenters. The molecular formula is C32H32N4O2S. The molecule has 7 heteroatoms. The van der Waals surface area contributed by atoms with Crippen LogP contribution in [-0.4, -0.2) is 32.3 Å². The fourth-order valence-corrected chi connectivity index (χ4v) is 6.29. The molecular weight excluding hydrogens is 504 g/mol. The molecule has 0 amide bonds. The maximum absolute atomic E-state index is 6.32. The summed E-state index contributed by atoms with van der Waals surface area (Å²) in [5, 5.41) is 10.8. The number of rotatable bonds is 7. The van der Waals surface area contributed by atoms with E-state index in [1.54, 1.807) is 11.8 Å². The summed E-state index contributed by atoms with van der Waals surface area (Å²) in [7, 11) is 0. The Morgan fingerprint density at radius 2 is 1.92 bits per heavy atom. The molecule has 1 fully saturated rings. The van der Waals surface area contributed by atoms with Crippen LogP contribution in [0.4, 0.5) is 0 Å². The number of aromatic nitrogens is 4. The first-order valence-electron chi connectivity index (χ1n) is 13.8. The van der Waals surface area contributed by atoms with Gasteiger partial charge in [-0.2, -0.15) is 5.10 Å². The normalized spacial score (nSPS) is 19.6. The van der Waals surface area contributed by atoms with Crippen LogP contribution in [0.25, 0.3) is 22.1 Å². The average molecular weight is 537 g/mol. The number of allylic oxidation sites excluding steroid dienone is 2. The van der Waals surface area contributed by atoms with E-state index in [1.807, 2.05) is 39.8 Å². The first-order valence-corrected chi connectivity index (χ1v) is 15.0. The van der Waals surface area contributed by atoms with Gasteiger partial charge >= 0.3 is 0 Å². The number of nitrogens with zero attached hydrogens (tertiary/aromatic N) is 4. The molecule has 0 N–H and O–H groups in total. The highest BCUT2D eigenvalue weighted by molar-refractivity contribution is 7.98. The molecule has 1 aliphatic heterocycles. The Morgan fingerprint density at radius 1 is 1.05 bits per heavy atom. The SMILES string of the molecule is CSc1ccc(C2C=C(c3cc(OCc4ccccc4)cn4nc5c(cnn5C5CCCCO5)c34)CC2)cc1. The number of thioether (sulfide) groups is 1. The smallest absolute Gasteiger partial charge is 0.183 e. The Labute approximate surface area is 232 Å². The molecule has 1 saturated heterocycles. The molecule has 0 spiro atoms. The van der Waals surface area contributed by atoms with Gasteiger partial charge in [-0.1, -0.05) is 48.5 Å². The van der Waals surface area contributed by atoms with Crippen molar-refractivity contribution in [2.45, 2.75) is 55.8 Å². The van der Waals surface area contributed by atoms with E-state index < -0.39 is 0 Å². The van der Waals surface area contributed by atoms with Gasteiger partial charge in [0.25, 0.3) is 0 Å². The van der Waals surface area contributed by atoms with Gasteiger partial charge in [0.05, 0.1) is 23.3 Å². The topological polar surface area (TPSA) is 53.6 Å². The molecule has 2 unspecified atom stereocenters. The van der Waals surface area contributed by atoms with E-state index in [2.05, 4.69) is 54.8 Å². The summed E-state index contributed by atoms with van der Waals surface area (Å²) in [5.74, 6) is 1.22. The van der Waals surface area contributed by atoms with E-state index in [9.17, 15) is 0 Å². The van der Waals surface area contributed by atoms with Gasteiger partial charge < -0.3 is 9.47 Å². The summed E-state index contributed by atoms with van der Waals surface area (Å²) in [5.41, 5.74) is 6.98. The number of fused-ring (bicyclic) bond motifs is 3. The van der Waals surface area contributed by atoms with Crippen LogP contribution in [0.3, 0.4) is 0 Å². The molecule has 39 heavy (non-hydrogen) atoms. The minimum atomic E-state index is -0.0576. The van der Waals surface area contributed by atoms with E-state index in [4.69, 9.17) is 19.7 Å². The van der Waals surface area contributed by atoms with E-state index >= 15 is 0 Å². The van der Waals surface area contributed by atoms with E-state index in [0.717, 1.165) is 66.6 Å². The zero-order valence-corrected chi connectivity index (χ0v) is 22.9. The summed E-state index contributed by atoms with van der Waals surface area (Å²) >= 11 is 1.78. The zero-order chi connectivity index (χ0) is 26.2. The summed E-state index contributed by atoms with van der Waals surface area (Å²) in [6, 6.07) is 21.5. The monoisotopic (exact) mass is 536 g/mol. The van der Waals surface area contributed by atoms with Gasteiger partial charge in [0, 0.05) is 23.0 Å². The van der Waals surface area contributed by atoms with Crippen molar-refractivity contribution in [1.29, 1.82) is 0 Å². The number of benzene rings is 2. The third-order valence-electron chi connectivity index (χ3n) is 7.94. The zero-order valence-electron chi connectivity index (χ0n) is 22.1. The molecule has 0 saturated carbocycles. The van der Waals surface area contributed by atoms with Crippen molar-refractivity contribution in [2.24, 2.45) is 0 Å². The van der Waals surface area contributed by atoms with Crippen LogP contribution < -0.4 is 4.74 Å². The van der Waals surface area contributed by atoms with Gasteiger partial charge in [-0.25, -0.2) is 9.20 Å². The van der Waals surface area contributed by atoms with Crippen LogP contribution in [0, 0.1) is 0 Å². The van der Waals surface area contributed by atoms with Crippen molar-refractivity contribution in [3.63, 3.8) is 0 Å². The highest BCUT2D eigenvalue weighted by Crippen LogP contribution is 2.42. The quantitative estimate of drug-likeness (QED) is 0.200. The highest BCUT2D eigenvalue weighted by Gasteiger charge is 2.26. The average Bonchev–Trinajstić information content (AvgIpc) is 3.73. The highest BCUT2D eigenvalue weighted by atomic mass is 32.2. The van der Waals surface area contributed by atoms with E-state index in [1.165, 1.54) is 21.6 Å². The standard InChI is InChI=1S/C32H32N4O2S/c1-39-27-14-12-23(13-15-27)24-10-11-25(17-24)28-18-26(38-21-22-7-3-2-4-8-22)20-35-31(28)29-19-33-36(32(29)34-35)30-9-5-6-16-37-30/h2-4,7-8,12-15,17-20,24,30H,5-6,9-11,16,21H2,1H3. The Kier molecular flexibility index (Phi) is 6.62. The van der Waals surface area contributed by atoms with E-state index in [0.29, 0.717) is 12.5 Å². The molecule has 2 aromatic carbocycles. The molecule has 6 nitrogen and oxygen atoms in total. The molecule has 2 aliphatic rings. The molecule has 0 radical (unpaired) electrons. The van der Waals surface area contributed by atoms with Crippen LogP contribution in [0.5, 0.6) is 5.75 Å². The van der Waals surface area contributed by atoms with Crippen LogP contribution in [0.2, 0.25) is 0 Å². The number of hydrogen-bond acceptors (Lipinski definition) is 5. The van der Waals surface area contributed by atoms with Gasteiger partial charge in [0.1, 0.15) is 12.4 Å². The minimum Gasteiger partial charge on any atom is -0.487 e. The lowest BCUT2D eigenvalue weighted by molar-refractivity contribution is -0.0370. The van der Waals surface area contributed by atoms with Gasteiger partial charge in [-0.15, -0.1) is 16.9 Å². The molecule has 4 heterocycles. The second-order valence-corrected chi connectivity index (χ2v) is 11.3. The largest absolute Gasteiger partial charge is 0.487 e. The van der Waals surface area contributed by atoms with Gasteiger partial charge in [-0.05, 0) is 73.3 Å². The lowest BCUT2D eigenvalue weighted by Crippen LogP contribution is -2.19. The van der Waals surface area contributed by atoms with Crippen molar-refractivity contribution in [3.05, 3.63) is 95.8 Å². The summed E-state index contributed by atoms with van der Waals surface area (Å²) in [6.07, 6.45) is 13.8. The van der Waals surface area contributed by atoms with Crippen molar-refractivity contribution in [3.8, 4) is 5.75 Å². The second kappa shape index (κ2) is 10.5. The lowest BCUT2D eigenvalue weighted by atomic mass is 9.99. The number of hydrogen-bond donors (Lipinski definition) is 0. The summed E-state index contributed by atoms with van der Waals surface area (Å²) < 4.78 is 16.3. The van der Waals surface area contributed by atoms with Gasteiger partial charge in [0.2, 0.25) is 0 Å². The molecule has 1 aliphatic carbocycles. The third-order valence-corrected chi connectivity index (χ3v) is 8.68. The molecule has 3 aromatic heterocycles. The fourth-order valence-electron chi connectivity index (χ4n) is 5.88. The van der Waals surface area contributed by atoms with Crippen LogP contribution in [0.1, 0.15) is 60.9 Å². The summed E-state index contributed by atoms with van der Waals surface area (Å²) in [4.78, 5) is 1.30. The Morgan fingerprint density at radius 3 is 2.72 bits per heavy atom. The third kappa shape index (κ3) is 4.74. The first-order chi connectivity index (χ1) is 19.3. The van der Waals surface area contributed by atoms with Crippen molar-refractivity contribution in [2.75, 3.05) is 12.9 Å². The number of pyridine rings is 1. The predicted molar refractivity (Wildman–Crippen MR) is 156 cm³/mol. The Balaban J connectivity index is 1.30. The second-order valence-electron chi connectivity index (χ2n) is 10.4. The fraction of sp³-hybridized carbons (Fsp3) is 0.312. The first kappa shape index (κ1) is 24.5. The minimum absolute atomic E-state index is 0.0576. The molecule has 198 valence electrons. The summed E-state index contributed by atoms with van der Waals surface area (Å²) in [6.45, 7) is 1.29. The van der Waals surface area contributed by atoms with Crippen molar-refractivity contribution in [1.82, 2.24) is 19.4 Å². The van der Waals surface area contributed by atoms with Crippen molar-refractivity contribution < 1.29 is 9.47 Å². The van der Waals surface area contributed by atoms with Crippen LogP contribution >= 0.6 is 11.8 Å². The Hall–Kier alpha value is -3.55. The van der Waals surface area contributed by atoms with Crippen LogP contribution in [0.15, 0.2) is 84.0 Å². The number of ether oxygens (including phenoxy) is 2. The molecule has 0 bridgehead atoms. The Bertz CT molecular complexity index is 1630. The van der Waals surface area contributed by atoms with Crippen molar-refractivity contribution >= 4 is 33.9 Å². The van der Waals surface area contributed by atoms with Gasteiger partial charge in [0.15, 0.2) is 11.9 Å². The lowest BCUT2D eigenvalue weighted by Gasteiger charge is -2.22. The predicted octanol–water partition coefficient (Wildman–Crippen LogP) is 7.65. The maximum atomic E-state index is 6.32.